The maximum Gasteiger partial charge on any atom is 0.338 e. The van der Waals surface area contributed by atoms with Crippen molar-refractivity contribution in [1.82, 2.24) is 0 Å². The third-order valence-corrected chi connectivity index (χ3v) is 4.91. The van der Waals surface area contributed by atoms with Crippen molar-refractivity contribution in [3.63, 3.8) is 0 Å². The Morgan fingerprint density at radius 1 is 1.13 bits per heavy atom. The van der Waals surface area contributed by atoms with Crippen LogP contribution in [-0.2, 0) is 24.1 Å². The van der Waals surface area contributed by atoms with Crippen molar-refractivity contribution in [2.75, 3.05) is 37.6 Å². The molecule has 1 aromatic rings. The first-order valence-corrected chi connectivity index (χ1v) is 8.71. The highest BCUT2D eigenvalue weighted by molar-refractivity contribution is 7.92. The molecule has 0 aliphatic heterocycles. The Balaban J connectivity index is 2.88. The molecular formula is C15H21NO6S. The Labute approximate surface area is 135 Å². The molecule has 0 saturated heterocycles. The number of benzene rings is 1. The fourth-order valence-corrected chi connectivity index (χ4v) is 2.99. The van der Waals surface area contributed by atoms with Gasteiger partial charge in [0.15, 0.2) is 9.84 Å². The van der Waals surface area contributed by atoms with Gasteiger partial charge in [0.2, 0.25) is 5.91 Å². The number of amides is 1. The van der Waals surface area contributed by atoms with Crippen LogP contribution in [0.15, 0.2) is 12.1 Å². The van der Waals surface area contributed by atoms with E-state index in [1.54, 1.807) is 19.9 Å². The Kier molecular flexibility index (Phi) is 6.71. The molecule has 1 rings (SSSR count). The second kappa shape index (κ2) is 8.07. The fourth-order valence-electron chi connectivity index (χ4n) is 1.96. The number of esters is 1. The summed E-state index contributed by atoms with van der Waals surface area (Å²) in [7, 11) is -0.840. The van der Waals surface area contributed by atoms with E-state index in [1.165, 1.54) is 20.3 Å². The summed E-state index contributed by atoms with van der Waals surface area (Å²) in [4.78, 5) is 23.5. The van der Waals surface area contributed by atoms with Crippen molar-refractivity contribution >= 4 is 27.4 Å². The van der Waals surface area contributed by atoms with E-state index in [4.69, 9.17) is 4.74 Å². The Morgan fingerprint density at radius 2 is 1.78 bits per heavy atom. The minimum absolute atomic E-state index is 0.0432. The van der Waals surface area contributed by atoms with Crippen molar-refractivity contribution in [1.29, 1.82) is 0 Å². The number of ether oxygens (including phenoxy) is 2. The molecule has 0 saturated carbocycles. The lowest BCUT2D eigenvalue weighted by Gasteiger charge is -2.13. The van der Waals surface area contributed by atoms with Crippen molar-refractivity contribution in [2.45, 2.75) is 13.8 Å². The molecule has 1 N–H and O–H groups in total. The maximum atomic E-state index is 11.9. The molecule has 23 heavy (non-hydrogen) atoms. The summed E-state index contributed by atoms with van der Waals surface area (Å²) in [5.74, 6) is -1.93. The first-order valence-electron chi connectivity index (χ1n) is 6.89. The van der Waals surface area contributed by atoms with Crippen LogP contribution in [-0.4, -0.2) is 52.6 Å². The highest BCUT2D eigenvalue weighted by Crippen LogP contribution is 2.22. The topological polar surface area (TPSA) is 98.8 Å². The Hall–Kier alpha value is -1.93. The lowest BCUT2D eigenvalue weighted by molar-refractivity contribution is -0.113. The van der Waals surface area contributed by atoms with Gasteiger partial charge >= 0.3 is 5.97 Å². The molecule has 7 nitrogen and oxygen atoms in total. The molecule has 0 aliphatic carbocycles. The van der Waals surface area contributed by atoms with Crippen LogP contribution >= 0.6 is 0 Å². The van der Waals surface area contributed by atoms with Crippen molar-refractivity contribution < 1.29 is 27.5 Å². The maximum absolute atomic E-state index is 11.9. The number of hydrogen-bond donors (Lipinski definition) is 1. The molecule has 128 valence electrons. The van der Waals surface area contributed by atoms with E-state index >= 15 is 0 Å². The number of sulfone groups is 1. The second-order valence-corrected chi connectivity index (χ2v) is 7.22. The van der Waals surface area contributed by atoms with E-state index in [0.29, 0.717) is 22.4 Å². The van der Waals surface area contributed by atoms with Crippen LogP contribution in [0.2, 0.25) is 0 Å². The molecule has 0 unspecified atom stereocenters. The van der Waals surface area contributed by atoms with Crippen LogP contribution in [0, 0.1) is 13.8 Å². The van der Waals surface area contributed by atoms with Gasteiger partial charge in [-0.25, -0.2) is 13.2 Å². The molecule has 0 radical (unpaired) electrons. The number of nitrogens with one attached hydrogen (secondary N) is 1. The Morgan fingerprint density at radius 3 is 2.35 bits per heavy atom. The van der Waals surface area contributed by atoms with Gasteiger partial charge in [-0.05, 0) is 37.1 Å². The quantitative estimate of drug-likeness (QED) is 0.744. The smallest absolute Gasteiger partial charge is 0.338 e. The zero-order valence-electron chi connectivity index (χ0n) is 13.6. The van der Waals surface area contributed by atoms with Gasteiger partial charge in [0.25, 0.3) is 0 Å². The number of rotatable bonds is 7. The van der Waals surface area contributed by atoms with Gasteiger partial charge in [-0.15, -0.1) is 0 Å². The fraction of sp³-hybridized carbons (Fsp3) is 0.467. The van der Waals surface area contributed by atoms with E-state index in [1.807, 2.05) is 0 Å². The zero-order valence-corrected chi connectivity index (χ0v) is 14.5. The number of anilines is 1. The predicted molar refractivity (Wildman–Crippen MR) is 86.4 cm³/mol. The summed E-state index contributed by atoms with van der Waals surface area (Å²) in [6.45, 7) is 3.50. The lowest BCUT2D eigenvalue weighted by atomic mass is 10.0. The number of hydrogen-bond acceptors (Lipinski definition) is 6. The van der Waals surface area contributed by atoms with Crippen molar-refractivity contribution in [3.8, 4) is 0 Å². The third-order valence-electron chi connectivity index (χ3n) is 3.42. The van der Waals surface area contributed by atoms with Gasteiger partial charge in [0.05, 0.1) is 25.0 Å². The van der Waals surface area contributed by atoms with Crippen LogP contribution in [0.25, 0.3) is 0 Å². The van der Waals surface area contributed by atoms with E-state index < -0.39 is 27.5 Å². The van der Waals surface area contributed by atoms with Crippen molar-refractivity contribution in [3.05, 3.63) is 28.8 Å². The summed E-state index contributed by atoms with van der Waals surface area (Å²) in [5, 5.41) is 2.56. The molecule has 1 aromatic carbocycles. The minimum atomic E-state index is -3.52. The Bertz CT molecular complexity index is 696. The predicted octanol–water partition coefficient (Wildman–Crippen LogP) is 1.09. The highest BCUT2D eigenvalue weighted by atomic mass is 32.2. The molecule has 0 aliphatic rings. The molecule has 0 fully saturated rings. The average molecular weight is 343 g/mol. The summed E-state index contributed by atoms with van der Waals surface area (Å²) >= 11 is 0. The van der Waals surface area contributed by atoms with Gasteiger partial charge < -0.3 is 14.8 Å². The number of carbonyl (C=O) groups excluding carboxylic acids is 2. The molecular weight excluding hydrogens is 322 g/mol. The summed E-state index contributed by atoms with van der Waals surface area (Å²) in [6, 6.07) is 3.08. The van der Waals surface area contributed by atoms with Gasteiger partial charge in [-0.3, -0.25) is 4.79 Å². The molecule has 1 amide bonds. The van der Waals surface area contributed by atoms with Crippen molar-refractivity contribution in [2.24, 2.45) is 0 Å². The van der Waals surface area contributed by atoms with E-state index in [-0.39, 0.29) is 12.4 Å². The summed E-state index contributed by atoms with van der Waals surface area (Å²) < 4.78 is 32.8. The molecule has 0 aromatic heterocycles. The summed E-state index contributed by atoms with van der Waals surface area (Å²) in [6.07, 6.45) is 0. The SMILES string of the molecule is COCCS(=O)(=O)CC(=O)Nc1ccc(C(=O)OC)c(C)c1C. The van der Waals surface area contributed by atoms with E-state index in [9.17, 15) is 18.0 Å². The molecule has 0 atom stereocenters. The van der Waals surface area contributed by atoms with E-state index in [0.717, 1.165) is 0 Å². The van der Waals surface area contributed by atoms with Crippen LogP contribution in [0.5, 0.6) is 0 Å². The van der Waals surface area contributed by atoms with Crippen LogP contribution in [0.1, 0.15) is 21.5 Å². The molecule has 0 bridgehead atoms. The molecule has 0 heterocycles. The zero-order chi connectivity index (χ0) is 17.6. The van der Waals surface area contributed by atoms with Crippen LogP contribution in [0.3, 0.4) is 0 Å². The summed E-state index contributed by atoms with van der Waals surface area (Å²) in [5.41, 5.74) is 2.20. The van der Waals surface area contributed by atoms with Gasteiger partial charge in [0, 0.05) is 12.8 Å². The number of carbonyl (C=O) groups is 2. The molecule has 8 heteroatoms. The number of methoxy groups -OCH3 is 2. The first-order chi connectivity index (χ1) is 10.7. The van der Waals surface area contributed by atoms with Crippen LogP contribution < -0.4 is 5.32 Å². The lowest BCUT2D eigenvalue weighted by Crippen LogP contribution is -2.26. The third kappa shape index (κ3) is 5.33. The normalized spacial score (nSPS) is 11.1. The van der Waals surface area contributed by atoms with E-state index in [2.05, 4.69) is 10.1 Å². The second-order valence-electron chi connectivity index (χ2n) is 5.04. The molecule has 0 spiro atoms. The highest BCUT2D eigenvalue weighted by Gasteiger charge is 2.18. The standard InChI is InChI=1S/C15H21NO6S/c1-10-11(2)13(6-5-12(10)15(18)22-4)16-14(17)9-23(19,20)8-7-21-3/h5-6H,7-9H2,1-4H3,(H,16,17). The van der Waals surface area contributed by atoms with Gasteiger partial charge in [-0.2, -0.15) is 0 Å². The largest absolute Gasteiger partial charge is 0.465 e. The minimum Gasteiger partial charge on any atom is -0.465 e. The van der Waals surface area contributed by atoms with Gasteiger partial charge in [0.1, 0.15) is 5.75 Å². The van der Waals surface area contributed by atoms with Crippen LogP contribution in [0.4, 0.5) is 5.69 Å². The first kappa shape index (κ1) is 19.1. The average Bonchev–Trinajstić information content (AvgIpc) is 2.49. The monoisotopic (exact) mass is 343 g/mol. The van der Waals surface area contributed by atoms with Gasteiger partial charge in [-0.1, -0.05) is 0 Å².